The van der Waals surface area contributed by atoms with Gasteiger partial charge in [0.25, 0.3) is 10.0 Å². The Morgan fingerprint density at radius 1 is 1.28 bits per heavy atom. The maximum atomic E-state index is 12.6. The fourth-order valence-corrected chi connectivity index (χ4v) is 3.21. The van der Waals surface area contributed by atoms with Crippen LogP contribution in [0, 0.1) is 0 Å². The molecule has 8 nitrogen and oxygen atoms in total. The Morgan fingerprint density at radius 2 is 2.00 bits per heavy atom. The van der Waals surface area contributed by atoms with Crippen molar-refractivity contribution in [3.05, 3.63) is 41.6 Å². The summed E-state index contributed by atoms with van der Waals surface area (Å²) in [4.78, 5) is 23.6. The summed E-state index contributed by atoms with van der Waals surface area (Å²) in [6.45, 7) is 3.50. The zero-order chi connectivity index (χ0) is 18.6. The molecule has 2 aromatic rings. The predicted molar refractivity (Wildman–Crippen MR) is 91.0 cm³/mol. The number of anilines is 1. The van der Waals surface area contributed by atoms with E-state index in [1.165, 1.54) is 29.1 Å². The summed E-state index contributed by atoms with van der Waals surface area (Å²) in [6, 6.07) is 5.70. The second kappa shape index (κ2) is 7.47. The molecule has 0 aliphatic carbocycles. The molecule has 0 amide bonds. The summed E-state index contributed by atoms with van der Waals surface area (Å²) < 4.78 is 33.6. The van der Waals surface area contributed by atoms with E-state index in [1.54, 1.807) is 27.0 Å². The van der Waals surface area contributed by atoms with E-state index in [0.717, 1.165) is 0 Å². The predicted octanol–water partition coefficient (Wildman–Crippen LogP) is 1.99. The lowest BCUT2D eigenvalue weighted by atomic mass is 10.1. The minimum atomic E-state index is -4.02. The molecule has 0 saturated carbocycles. The number of ether oxygens (including phenoxy) is 1. The number of hydrogen-bond donors (Lipinski definition) is 1. The van der Waals surface area contributed by atoms with Crippen molar-refractivity contribution in [3.8, 4) is 0 Å². The number of nitrogens with one attached hydrogen (secondary N) is 1. The number of rotatable bonds is 7. The summed E-state index contributed by atoms with van der Waals surface area (Å²) in [5.74, 6) is -0.974. The number of Topliss-reactive ketones (excluding diaryl/α,β-unsaturated/α-hetero) is 1. The quantitative estimate of drug-likeness (QED) is 0.594. The van der Waals surface area contributed by atoms with Crippen LogP contribution in [0.1, 0.15) is 41.0 Å². The highest BCUT2D eigenvalue weighted by molar-refractivity contribution is 7.92. The fourth-order valence-electron chi connectivity index (χ4n) is 2.15. The highest BCUT2D eigenvalue weighted by Gasteiger charge is 2.23. The lowest BCUT2D eigenvalue weighted by Crippen LogP contribution is -2.16. The third kappa shape index (κ3) is 4.24. The van der Waals surface area contributed by atoms with Crippen molar-refractivity contribution >= 4 is 27.6 Å². The van der Waals surface area contributed by atoms with Gasteiger partial charge in [0.1, 0.15) is 5.56 Å². The Morgan fingerprint density at radius 3 is 2.64 bits per heavy atom. The van der Waals surface area contributed by atoms with E-state index in [-0.39, 0.29) is 35.1 Å². The number of aryl methyl sites for hydroxylation is 1. The molecule has 0 saturated heterocycles. The number of benzene rings is 1. The molecule has 134 valence electrons. The highest BCUT2D eigenvalue weighted by atomic mass is 32.2. The van der Waals surface area contributed by atoms with Gasteiger partial charge in [-0.3, -0.25) is 14.2 Å². The van der Waals surface area contributed by atoms with E-state index in [0.29, 0.717) is 5.56 Å². The van der Waals surface area contributed by atoms with Crippen molar-refractivity contribution in [1.82, 2.24) is 9.78 Å². The van der Waals surface area contributed by atoms with Crippen molar-refractivity contribution in [2.45, 2.75) is 25.2 Å². The van der Waals surface area contributed by atoms with Crippen LogP contribution in [-0.4, -0.2) is 36.6 Å². The zero-order valence-corrected chi connectivity index (χ0v) is 15.0. The Bertz CT molecular complexity index is 902. The van der Waals surface area contributed by atoms with Gasteiger partial charge >= 0.3 is 5.97 Å². The molecule has 25 heavy (non-hydrogen) atoms. The number of sulfonamides is 1. The van der Waals surface area contributed by atoms with Crippen molar-refractivity contribution < 1.29 is 22.7 Å². The van der Waals surface area contributed by atoms with Gasteiger partial charge in [0, 0.05) is 25.2 Å². The SMILES string of the molecule is CCOC(=O)c1cn(C)nc1NS(=O)(=O)c1cccc(C(=O)CC)c1. The van der Waals surface area contributed by atoms with Crippen LogP contribution >= 0.6 is 0 Å². The zero-order valence-electron chi connectivity index (χ0n) is 14.1. The van der Waals surface area contributed by atoms with Crippen LogP contribution in [0.25, 0.3) is 0 Å². The lowest BCUT2D eigenvalue weighted by molar-refractivity contribution is 0.0527. The van der Waals surface area contributed by atoms with Gasteiger partial charge in [0.05, 0.1) is 11.5 Å². The number of ketones is 1. The van der Waals surface area contributed by atoms with Crippen molar-refractivity contribution in [1.29, 1.82) is 0 Å². The molecule has 0 radical (unpaired) electrons. The molecule has 0 unspecified atom stereocenters. The maximum Gasteiger partial charge on any atom is 0.343 e. The van der Waals surface area contributed by atoms with Gasteiger partial charge in [-0.2, -0.15) is 5.10 Å². The van der Waals surface area contributed by atoms with Gasteiger partial charge in [0.15, 0.2) is 11.6 Å². The minimum Gasteiger partial charge on any atom is -0.462 e. The van der Waals surface area contributed by atoms with Gasteiger partial charge in [-0.25, -0.2) is 13.2 Å². The van der Waals surface area contributed by atoms with E-state index < -0.39 is 16.0 Å². The molecule has 0 aliphatic heterocycles. The summed E-state index contributed by atoms with van der Waals surface area (Å²) in [6.07, 6.45) is 1.64. The molecule has 1 aromatic heterocycles. The molecule has 1 aromatic carbocycles. The van der Waals surface area contributed by atoms with Gasteiger partial charge in [-0.05, 0) is 19.1 Å². The maximum absolute atomic E-state index is 12.6. The molecule has 0 atom stereocenters. The van der Waals surface area contributed by atoms with Gasteiger partial charge < -0.3 is 4.74 Å². The molecular formula is C16H19N3O5S. The first kappa shape index (κ1) is 18.7. The molecule has 1 N–H and O–H groups in total. The van der Waals surface area contributed by atoms with Gasteiger partial charge in [-0.15, -0.1) is 0 Å². The average molecular weight is 365 g/mol. The molecule has 0 spiro atoms. The second-order valence-corrected chi connectivity index (χ2v) is 6.88. The number of aromatic nitrogens is 2. The first-order valence-corrected chi connectivity index (χ1v) is 9.13. The van der Waals surface area contributed by atoms with E-state index >= 15 is 0 Å². The average Bonchev–Trinajstić information content (AvgIpc) is 2.94. The van der Waals surface area contributed by atoms with E-state index in [4.69, 9.17) is 4.74 Å². The molecule has 1 heterocycles. The Hall–Kier alpha value is -2.68. The first-order valence-electron chi connectivity index (χ1n) is 7.65. The van der Waals surface area contributed by atoms with Gasteiger partial charge in [-0.1, -0.05) is 19.1 Å². The normalized spacial score (nSPS) is 11.2. The Balaban J connectivity index is 2.37. The molecular weight excluding hydrogens is 346 g/mol. The minimum absolute atomic E-state index is 0.00807. The van der Waals surface area contributed by atoms with Crippen molar-refractivity contribution in [3.63, 3.8) is 0 Å². The van der Waals surface area contributed by atoms with Crippen molar-refractivity contribution in [2.24, 2.45) is 7.05 Å². The molecule has 2 rings (SSSR count). The summed E-state index contributed by atoms with van der Waals surface area (Å²) in [7, 11) is -2.46. The number of carbonyl (C=O) groups excluding carboxylic acids is 2. The number of nitrogens with zero attached hydrogens (tertiary/aromatic N) is 2. The molecule has 0 fully saturated rings. The number of esters is 1. The number of hydrogen-bond acceptors (Lipinski definition) is 6. The Labute approximate surface area is 145 Å². The first-order chi connectivity index (χ1) is 11.8. The fraction of sp³-hybridized carbons (Fsp3) is 0.312. The summed E-state index contributed by atoms with van der Waals surface area (Å²) >= 11 is 0. The summed E-state index contributed by atoms with van der Waals surface area (Å²) in [5, 5.41) is 3.96. The van der Waals surface area contributed by atoms with E-state index in [9.17, 15) is 18.0 Å². The smallest absolute Gasteiger partial charge is 0.343 e. The van der Waals surface area contributed by atoms with Crippen LogP contribution in [0.2, 0.25) is 0 Å². The van der Waals surface area contributed by atoms with Crippen LogP contribution in [0.15, 0.2) is 35.4 Å². The van der Waals surface area contributed by atoms with Crippen LogP contribution < -0.4 is 4.72 Å². The van der Waals surface area contributed by atoms with Crippen LogP contribution in [0.4, 0.5) is 5.82 Å². The molecule has 0 aliphatic rings. The number of carbonyl (C=O) groups is 2. The van der Waals surface area contributed by atoms with E-state index in [1.807, 2.05) is 0 Å². The summed E-state index contributed by atoms with van der Waals surface area (Å²) in [5.41, 5.74) is 0.311. The van der Waals surface area contributed by atoms with Gasteiger partial charge in [0.2, 0.25) is 0 Å². The van der Waals surface area contributed by atoms with Crippen molar-refractivity contribution in [2.75, 3.05) is 11.3 Å². The van der Waals surface area contributed by atoms with Crippen LogP contribution in [0.3, 0.4) is 0 Å². The molecule has 0 bridgehead atoms. The molecule has 9 heteroatoms. The highest BCUT2D eigenvalue weighted by Crippen LogP contribution is 2.20. The third-order valence-corrected chi connectivity index (χ3v) is 4.68. The monoisotopic (exact) mass is 365 g/mol. The van der Waals surface area contributed by atoms with Crippen LogP contribution in [-0.2, 0) is 21.8 Å². The van der Waals surface area contributed by atoms with Crippen LogP contribution in [0.5, 0.6) is 0 Å². The largest absolute Gasteiger partial charge is 0.462 e. The Kier molecular flexibility index (Phi) is 5.58. The second-order valence-electron chi connectivity index (χ2n) is 5.20. The topological polar surface area (TPSA) is 107 Å². The lowest BCUT2D eigenvalue weighted by Gasteiger charge is -2.08. The van der Waals surface area contributed by atoms with E-state index in [2.05, 4.69) is 9.82 Å². The third-order valence-electron chi connectivity index (χ3n) is 3.34. The standard InChI is InChI=1S/C16H19N3O5S/c1-4-14(20)11-7-6-8-12(9-11)25(22,23)18-15-13(10-19(3)17-15)16(21)24-5-2/h6-10H,4-5H2,1-3H3,(H,17,18).